The van der Waals surface area contributed by atoms with Crippen LogP contribution < -0.4 is 11.1 Å². The molecule has 0 saturated heterocycles. The van der Waals surface area contributed by atoms with Crippen molar-refractivity contribution in [1.82, 2.24) is 4.57 Å². The van der Waals surface area contributed by atoms with E-state index in [4.69, 9.17) is 4.42 Å². The van der Waals surface area contributed by atoms with E-state index in [1.807, 2.05) is 81.4 Å². The predicted molar refractivity (Wildman–Crippen MR) is 122 cm³/mol. The van der Waals surface area contributed by atoms with Crippen LogP contribution in [0, 0.1) is 13.8 Å². The number of aryl methyl sites for hydroxylation is 2. The SMILES string of the molecule is CCn1c(=O)c2c(C)c(-c3ccccc3)oc2c2ccc3c(C)cccc3c2c1=O. The molecule has 5 aromatic rings. The summed E-state index contributed by atoms with van der Waals surface area (Å²) in [5.41, 5.74) is 2.63. The van der Waals surface area contributed by atoms with Crippen LogP contribution in [0.5, 0.6) is 0 Å². The van der Waals surface area contributed by atoms with E-state index >= 15 is 0 Å². The van der Waals surface area contributed by atoms with E-state index in [0.717, 1.165) is 27.5 Å². The summed E-state index contributed by atoms with van der Waals surface area (Å²) in [7, 11) is 0. The van der Waals surface area contributed by atoms with Crippen LogP contribution in [0.4, 0.5) is 0 Å². The van der Waals surface area contributed by atoms with Gasteiger partial charge in [-0.25, -0.2) is 0 Å². The van der Waals surface area contributed by atoms with Crippen molar-refractivity contribution >= 4 is 32.5 Å². The Morgan fingerprint density at radius 3 is 2.20 bits per heavy atom. The van der Waals surface area contributed by atoms with Crippen LogP contribution in [-0.2, 0) is 6.54 Å². The lowest BCUT2D eigenvalue weighted by Crippen LogP contribution is -2.29. The second kappa shape index (κ2) is 6.70. The summed E-state index contributed by atoms with van der Waals surface area (Å²) < 4.78 is 7.64. The lowest BCUT2D eigenvalue weighted by molar-refractivity contribution is 0.632. The molecule has 0 saturated carbocycles. The van der Waals surface area contributed by atoms with Crippen molar-refractivity contribution in [3.8, 4) is 11.3 Å². The Kier molecular flexibility index (Phi) is 4.10. The number of hydrogen-bond donors (Lipinski definition) is 0. The Bertz CT molecular complexity index is 1570. The van der Waals surface area contributed by atoms with Crippen LogP contribution in [0.3, 0.4) is 0 Å². The molecule has 30 heavy (non-hydrogen) atoms. The van der Waals surface area contributed by atoms with Gasteiger partial charge in [0.2, 0.25) is 0 Å². The zero-order chi connectivity index (χ0) is 21.0. The maximum absolute atomic E-state index is 13.5. The number of hydrogen-bond acceptors (Lipinski definition) is 3. The highest BCUT2D eigenvalue weighted by atomic mass is 16.3. The molecule has 0 atom stereocenters. The van der Waals surface area contributed by atoms with E-state index in [2.05, 4.69) is 0 Å². The summed E-state index contributed by atoms with van der Waals surface area (Å²) in [5.74, 6) is 0.662. The van der Waals surface area contributed by atoms with Crippen molar-refractivity contribution in [2.75, 3.05) is 0 Å². The first-order valence-electron chi connectivity index (χ1n) is 10.1. The van der Waals surface area contributed by atoms with E-state index < -0.39 is 0 Å². The number of nitrogens with zero attached hydrogens (tertiary/aromatic N) is 1. The predicted octanol–water partition coefficient (Wildman–Crippen LogP) is 5.56. The molecule has 5 rings (SSSR count). The molecule has 148 valence electrons. The van der Waals surface area contributed by atoms with E-state index in [-0.39, 0.29) is 11.1 Å². The van der Waals surface area contributed by atoms with E-state index in [1.165, 1.54) is 4.57 Å². The van der Waals surface area contributed by atoms with Crippen LogP contribution in [0.15, 0.2) is 74.7 Å². The molecule has 0 fully saturated rings. The minimum Gasteiger partial charge on any atom is -0.455 e. The fourth-order valence-corrected chi connectivity index (χ4v) is 4.41. The van der Waals surface area contributed by atoms with E-state index in [9.17, 15) is 9.59 Å². The lowest BCUT2D eigenvalue weighted by atomic mass is 10.00. The molecule has 0 spiro atoms. The molecule has 0 bridgehead atoms. The minimum atomic E-state index is -0.307. The van der Waals surface area contributed by atoms with Crippen molar-refractivity contribution in [3.05, 3.63) is 92.5 Å². The van der Waals surface area contributed by atoms with Crippen molar-refractivity contribution in [1.29, 1.82) is 0 Å². The maximum atomic E-state index is 13.5. The van der Waals surface area contributed by atoms with Gasteiger partial charge >= 0.3 is 0 Å². The average Bonchev–Trinajstić information content (AvgIpc) is 3.06. The average molecular weight is 395 g/mol. The fraction of sp³-hybridized carbons (Fsp3) is 0.154. The van der Waals surface area contributed by atoms with Gasteiger partial charge < -0.3 is 4.42 Å². The first-order chi connectivity index (χ1) is 14.5. The molecular weight excluding hydrogens is 374 g/mol. The summed E-state index contributed by atoms with van der Waals surface area (Å²) in [6, 6.07) is 19.6. The van der Waals surface area contributed by atoms with Crippen molar-refractivity contribution in [2.45, 2.75) is 27.3 Å². The zero-order valence-corrected chi connectivity index (χ0v) is 17.2. The molecule has 0 aliphatic carbocycles. The van der Waals surface area contributed by atoms with Gasteiger partial charge in [-0.3, -0.25) is 14.2 Å². The van der Waals surface area contributed by atoms with Gasteiger partial charge in [0.25, 0.3) is 11.1 Å². The third-order valence-electron chi connectivity index (χ3n) is 5.94. The molecule has 2 aromatic heterocycles. The van der Waals surface area contributed by atoms with E-state index in [0.29, 0.717) is 34.0 Å². The normalized spacial score (nSPS) is 11.6. The van der Waals surface area contributed by atoms with Crippen LogP contribution in [0.1, 0.15) is 18.1 Å². The van der Waals surface area contributed by atoms with Gasteiger partial charge in [0.15, 0.2) is 0 Å². The molecule has 0 unspecified atom stereocenters. The van der Waals surface area contributed by atoms with Crippen molar-refractivity contribution in [2.24, 2.45) is 0 Å². The number of aromatic nitrogens is 1. The molecule has 3 aromatic carbocycles. The minimum absolute atomic E-state index is 0.277. The molecule has 4 heteroatoms. The summed E-state index contributed by atoms with van der Waals surface area (Å²) in [5, 5.41) is 3.51. The van der Waals surface area contributed by atoms with Gasteiger partial charge in [-0.1, -0.05) is 54.6 Å². The maximum Gasteiger partial charge on any atom is 0.264 e. The first-order valence-corrected chi connectivity index (χ1v) is 10.1. The number of benzene rings is 3. The number of furan rings is 1. The zero-order valence-electron chi connectivity index (χ0n) is 17.2. The summed E-state index contributed by atoms with van der Waals surface area (Å²) in [4.78, 5) is 27.0. The number of fused-ring (bicyclic) bond motifs is 5. The highest BCUT2D eigenvalue weighted by molar-refractivity contribution is 6.15. The van der Waals surface area contributed by atoms with Crippen LogP contribution >= 0.6 is 0 Å². The lowest BCUT2D eigenvalue weighted by Gasteiger charge is -2.05. The standard InChI is InChI=1S/C26H21NO3/c1-4-27-25(28)21-16(3)23(17-10-6-5-7-11-17)30-24(21)20-14-13-18-15(2)9-8-12-19(18)22(20)26(27)29/h5-14H,4H2,1-3H3. The monoisotopic (exact) mass is 395 g/mol. The molecule has 0 N–H and O–H groups in total. The quantitative estimate of drug-likeness (QED) is 0.393. The topological polar surface area (TPSA) is 52.2 Å². The fourth-order valence-electron chi connectivity index (χ4n) is 4.41. The first kappa shape index (κ1) is 18.4. The Labute approximate surface area is 173 Å². The number of rotatable bonds is 2. The summed E-state index contributed by atoms with van der Waals surface area (Å²) in [6.45, 7) is 6.03. The van der Waals surface area contributed by atoms with Gasteiger partial charge in [-0.2, -0.15) is 0 Å². The second-order valence-corrected chi connectivity index (χ2v) is 7.64. The van der Waals surface area contributed by atoms with Gasteiger partial charge in [-0.05, 0) is 43.2 Å². The van der Waals surface area contributed by atoms with Crippen molar-refractivity contribution < 1.29 is 4.42 Å². The van der Waals surface area contributed by atoms with Crippen LogP contribution in [0.2, 0.25) is 0 Å². The van der Waals surface area contributed by atoms with Crippen LogP contribution in [0.25, 0.3) is 43.8 Å². The molecule has 0 aliphatic rings. The second-order valence-electron chi connectivity index (χ2n) is 7.64. The largest absolute Gasteiger partial charge is 0.455 e. The smallest absolute Gasteiger partial charge is 0.264 e. The Balaban J connectivity index is 2.11. The highest BCUT2D eigenvalue weighted by Crippen LogP contribution is 2.35. The third kappa shape index (κ3) is 2.47. The third-order valence-corrected chi connectivity index (χ3v) is 5.94. The van der Waals surface area contributed by atoms with Crippen LogP contribution in [-0.4, -0.2) is 4.57 Å². The molecule has 0 aliphatic heterocycles. The molecule has 4 nitrogen and oxygen atoms in total. The molecule has 2 heterocycles. The van der Waals surface area contributed by atoms with Crippen molar-refractivity contribution in [3.63, 3.8) is 0 Å². The summed E-state index contributed by atoms with van der Waals surface area (Å²) >= 11 is 0. The molecular formula is C26H21NO3. The Morgan fingerprint density at radius 2 is 1.47 bits per heavy atom. The molecule has 0 amide bonds. The van der Waals surface area contributed by atoms with Gasteiger partial charge in [-0.15, -0.1) is 0 Å². The van der Waals surface area contributed by atoms with Gasteiger partial charge in [0.05, 0.1) is 10.8 Å². The highest BCUT2D eigenvalue weighted by Gasteiger charge is 2.21. The van der Waals surface area contributed by atoms with Gasteiger partial charge in [0.1, 0.15) is 11.3 Å². The van der Waals surface area contributed by atoms with E-state index in [1.54, 1.807) is 0 Å². The molecule has 0 radical (unpaired) electrons. The van der Waals surface area contributed by atoms with Gasteiger partial charge in [0, 0.05) is 23.1 Å². The Morgan fingerprint density at radius 1 is 0.767 bits per heavy atom. The Hall–Kier alpha value is -3.66. The summed E-state index contributed by atoms with van der Waals surface area (Å²) in [6.07, 6.45) is 0.